The number of methoxy groups -OCH3 is 1. The first-order chi connectivity index (χ1) is 7.85. The average molecular weight is 286 g/mol. The maximum absolute atomic E-state index is 12.1. The normalized spacial score (nSPS) is 12.3. The van der Waals surface area contributed by atoms with E-state index in [1.54, 1.807) is 0 Å². The lowest BCUT2D eigenvalue weighted by molar-refractivity contribution is -0.275. The van der Waals surface area contributed by atoms with Crippen LogP contribution in [0.3, 0.4) is 0 Å². The fourth-order valence-corrected chi connectivity index (χ4v) is 1.21. The molecule has 8 heteroatoms. The summed E-state index contributed by atoms with van der Waals surface area (Å²) in [5.41, 5.74) is 5.36. The molecular formula is C10H11ClF3NO3. The molecule has 0 aliphatic carbocycles. The lowest BCUT2D eigenvalue weighted by atomic mass is 10.1. The molecule has 1 rings (SSSR count). The topological polar surface area (TPSA) is 61.5 Å². The predicted molar refractivity (Wildman–Crippen MR) is 59.3 cm³/mol. The Balaban J connectivity index is 0.00000289. The molecule has 102 valence electrons. The Labute approximate surface area is 107 Å². The van der Waals surface area contributed by atoms with Gasteiger partial charge in [-0.15, -0.1) is 25.6 Å². The van der Waals surface area contributed by atoms with Crippen LogP contribution in [-0.2, 0) is 9.53 Å². The number of benzene rings is 1. The van der Waals surface area contributed by atoms with E-state index >= 15 is 0 Å². The van der Waals surface area contributed by atoms with Crippen molar-refractivity contribution in [3.63, 3.8) is 0 Å². The first-order valence-electron chi connectivity index (χ1n) is 4.53. The van der Waals surface area contributed by atoms with E-state index < -0.39 is 24.1 Å². The third kappa shape index (κ3) is 4.42. The van der Waals surface area contributed by atoms with Crippen LogP contribution in [0.5, 0.6) is 5.75 Å². The molecule has 0 aliphatic rings. The number of hydrogen-bond acceptors (Lipinski definition) is 4. The van der Waals surface area contributed by atoms with Crippen molar-refractivity contribution in [2.75, 3.05) is 7.11 Å². The van der Waals surface area contributed by atoms with E-state index in [9.17, 15) is 18.0 Å². The lowest BCUT2D eigenvalue weighted by Crippen LogP contribution is -2.25. The number of ether oxygens (including phenoxy) is 2. The van der Waals surface area contributed by atoms with Crippen molar-refractivity contribution in [2.45, 2.75) is 12.4 Å². The highest BCUT2D eigenvalue weighted by Crippen LogP contribution is 2.29. The Morgan fingerprint density at radius 1 is 1.33 bits per heavy atom. The summed E-state index contributed by atoms with van der Waals surface area (Å²) in [6, 6.07) is 3.81. The van der Waals surface area contributed by atoms with Gasteiger partial charge in [-0.3, -0.25) is 4.79 Å². The molecule has 0 radical (unpaired) electrons. The number of carbonyl (C=O) groups is 1. The van der Waals surface area contributed by atoms with Crippen molar-refractivity contribution in [1.29, 1.82) is 0 Å². The summed E-state index contributed by atoms with van der Waals surface area (Å²) in [6.45, 7) is 0. The smallest absolute Gasteiger partial charge is 0.468 e. The molecule has 1 aromatic rings. The summed E-state index contributed by atoms with van der Waals surface area (Å²) in [5.74, 6) is -1.36. The van der Waals surface area contributed by atoms with Gasteiger partial charge in [-0.2, -0.15) is 0 Å². The highest BCUT2D eigenvalue weighted by molar-refractivity contribution is 5.85. The third-order valence-corrected chi connectivity index (χ3v) is 1.93. The quantitative estimate of drug-likeness (QED) is 0.865. The summed E-state index contributed by atoms with van der Waals surface area (Å²) < 4.78 is 44.4. The molecular weight excluding hydrogens is 275 g/mol. The molecule has 18 heavy (non-hydrogen) atoms. The molecule has 1 atom stereocenters. The van der Waals surface area contributed by atoms with Gasteiger partial charge in [0, 0.05) is 5.56 Å². The molecule has 2 N–H and O–H groups in total. The van der Waals surface area contributed by atoms with Crippen molar-refractivity contribution in [3.05, 3.63) is 29.8 Å². The van der Waals surface area contributed by atoms with Gasteiger partial charge in [-0.1, -0.05) is 18.2 Å². The largest absolute Gasteiger partial charge is 0.573 e. The monoisotopic (exact) mass is 285 g/mol. The van der Waals surface area contributed by atoms with E-state index in [0.29, 0.717) is 0 Å². The minimum atomic E-state index is -4.84. The van der Waals surface area contributed by atoms with Gasteiger partial charge in [-0.05, 0) is 6.07 Å². The molecule has 4 nitrogen and oxygen atoms in total. The van der Waals surface area contributed by atoms with Crippen LogP contribution in [-0.4, -0.2) is 19.4 Å². The van der Waals surface area contributed by atoms with Gasteiger partial charge in [0.25, 0.3) is 0 Å². The van der Waals surface area contributed by atoms with Crippen LogP contribution in [0.25, 0.3) is 0 Å². The van der Waals surface area contributed by atoms with Gasteiger partial charge < -0.3 is 15.2 Å². The molecule has 0 aromatic heterocycles. The van der Waals surface area contributed by atoms with Crippen LogP contribution in [0.2, 0.25) is 0 Å². The second kappa shape index (κ2) is 6.46. The van der Waals surface area contributed by atoms with E-state index in [1.807, 2.05) is 0 Å². The Bertz CT molecular complexity index is 412. The van der Waals surface area contributed by atoms with Crippen molar-refractivity contribution in [2.24, 2.45) is 5.73 Å². The van der Waals surface area contributed by atoms with Gasteiger partial charge >= 0.3 is 12.3 Å². The number of hydrogen-bond donors (Lipinski definition) is 1. The molecule has 1 aromatic carbocycles. The number of carbonyl (C=O) groups excluding carboxylic acids is 1. The van der Waals surface area contributed by atoms with Crippen LogP contribution in [0.15, 0.2) is 24.3 Å². The van der Waals surface area contributed by atoms with Crippen molar-refractivity contribution in [3.8, 4) is 5.75 Å². The van der Waals surface area contributed by atoms with Crippen molar-refractivity contribution < 1.29 is 27.4 Å². The Hall–Kier alpha value is -1.47. The number of esters is 1. The first-order valence-corrected chi connectivity index (χ1v) is 4.53. The minimum Gasteiger partial charge on any atom is -0.468 e. The molecule has 0 aliphatic heterocycles. The Morgan fingerprint density at radius 3 is 2.39 bits per heavy atom. The fraction of sp³-hybridized carbons (Fsp3) is 0.300. The van der Waals surface area contributed by atoms with Crippen molar-refractivity contribution >= 4 is 18.4 Å². The molecule has 0 saturated carbocycles. The van der Waals surface area contributed by atoms with Crippen LogP contribution >= 0.6 is 12.4 Å². The SMILES string of the molecule is COC(=O)[C@H](N)c1ccccc1OC(F)(F)F.Cl. The van der Waals surface area contributed by atoms with Gasteiger partial charge in [0.05, 0.1) is 7.11 Å². The second-order valence-corrected chi connectivity index (χ2v) is 3.09. The molecule has 0 spiro atoms. The lowest BCUT2D eigenvalue weighted by Gasteiger charge is -2.16. The summed E-state index contributed by atoms with van der Waals surface area (Å²) in [4.78, 5) is 11.1. The number of rotatable bonds is 3. The molecule has 0 heterocycles. The van der Waals surface area contributed by atoms with E-state index in [0.717, 1.165) is 13.2 Å². The van der Waals surface area contributed by atoms with Crippen LogP contribution < -0.4 is 10.5 Å². The first kappa shape index (κ1) is 16.5. The van der Waals surface area contributed by atoms with Gasteiger partial charge in [0.2, 0.25) is 0 Å². The molecule has 0 bridgehead atoms. The number of alkyl halides is 3. The molecule has 0 fully saturated rings. The summed E-state index contributed by atoms with van der Waals surface area (Å²) >= 11 is 0. The number of halogens is 4. The zero-order valence-electron chi connectivity index (χ0n) is 9.23. The van der Waals surface area contributed by atoms with E-state index in [2.05, 4.69) is 9.47 Å². The van der Waals surface area contributed by atoms with Crippen LogP contribution in [0, 0.1) is 0 Å². The minimum absolute atomic E-state index is 0. The Kier molecular flexibility index (Phi) is 5.93. The number of para-hydroxylation sites is 1. The van der Waals surface area contributed by atoms with Crippen LogP contribution in [0.4, 0.5) is 13.2 Å². The number of nitrogens with two attached hydrogens (primary N) is 1. The highest BCUT2D eigenvalue weighted by Gasteiger charge is 2.33. The molecule has 0 saturated heterocycles. The van der Waals surface area contributed by atoms with Crippen molar-refractivity contribution in [1.82, 2.24) is 0 Å². The third-order valence-electron chi connectivity index (χ3n) is 1.93. The average Bonchev–Trinajstić information content (AvgIpc) is 2.25. The van der Waals surface area contributed by atoms with E-state index in [1.165, 1.54) is 18.2 Å². The standard InChI is InChI=1S/C10H10F3NO3.ClH/c1-16-9(15)8(14)6-4-2-3-5-7(6)17-10(11,12)13;/h2-5,8H,14H2,1H3;1H/t8-;/m1./s1. The van der Waals surface area contributed by atoms with Gasteiger partial charge in [0.15, 0.2) is 0 Å². The fourth-order valence-electron chi connectivity index (χ4n) is 1.21. The zero-order chi connectivity index (χ0) is 13.1. The zero-order valence-corrected chi connectivity index (χ0v) is 10.0. The Morgan fingerprint density at radius 2 is 1.89 bits per heavy atom. The van der Waals surface area contributed by atoms with Crippen LogP contribution in [0.1, 0.15) is 11.6 Å². The maximum atomic E-state index is 12.1. The van der Waals surface area contributed by atoms with E-state index in [4.69, 9.17) is 5.73 Å². The maximum Gasteiger partial charge on any atom is 0.573 e. The summed E-state index contributed by atoms with van der Waals surface area (Å²) in [5, 5.41) is 0. The predicted octanol–water partition coefficient (Wildman–Crippen LogP) is 2.18. The molecule has 0 amide bonds. The van der Waals surface area contributed by atoms with Gasteiger partial charge in [0.1, 0.15) is 11.8 Å². The second-order valence-electron chi connectivity index (χ2n) is 3.09. The summed E-state index contributed by atoms with van der Waals surface area (Å²) in [7, 11) is 1.09. The summed E-state index contributed by atoms with van der Waals surface area (Å²) in [6.07, 6.45) is -4.84. The van der Waals surface area contributed by atoms with E-state index in [-0.39, 0.29) is 18.0 Å². The molecule has 0 unspecified atom stereocenters. The van der Waals surface area contributed by atoms with Gasteiger partial charge in [-0.25, -0.2) is 0 Å². The highest BCUT2D eigenvalue weighted by atomic mass is 35.5.